The van der Waals surface area contributed by atoms with Gasteiger partial charge in [-0.2, -0.15) is 0 Å². The van der Waals surface area contributed by atoms with Gasteiger partial charge in [-0.25, -0.2) is 4.39 Å². The molecule has 0 bridgehead atoms. The van der Waals surface area contributed by atoms with Crippen molar-refractivity contribution < 1.29 is 18.7 Å². The zero-order valence-corrected chi connectivity index (χ0v) is 16.7. The molecule has 6 heteroatoms. The Bertz CT molecular complexity index is 920. The number of carbonyl (C=O) groups is 1. The average molecular weight is 411 g/mol. The molecule has 1 saturated heterocycles. The average Bonchev–Trinajstić information content (AvgIpc) is 3.46. The highest BCUT2D eigenvalue weighted by Crippen LogP contribution is 2.27. The molecule has 0 spiro atoms. The Morgan fingerprint density at radius 2 is 1.97 bits per heavy atom. The van der Waals surface area contributed by atoms with Crippen LogP contribution in [0.4, 0.5) is 4.39 Å². The molecule has 0 aliphatic carbocycles. The van der Waals surface area contributed by atoms with Gasteiger partial charge in [-0.15, -0.1) is 11.3 Å². The highest BCUT2D eigenvalue weighted by atomic mass is 32.1. The zero-order valence-electron chi connectivity index (χ0n) is 15.8. The van der Waals surface area contributed by atoms with E-state index in [-0.39, 0.29) is 23.9 Å². The van der Waals surface area contributed by atoms with Crippen LogP contribution in [-0.4, -0.2) is 25.2 Å². The molecule has 2 unspecified atom stereocenters. The lowest BCUT2D eigenvalue weighted by atomic mass is 10.0. The van der Waals surface area contributed by atoms with Crippen LogP contribution in [0, 0.1) is 5.82 Å². The molecule has 1 aromatic heterocycles. The summed E-state index contributed by atoms with van der Waals surface area (Å²) in [5, 5.41) is 5.01. The van der Waals surface area contributed by atoms with Crippen molar-refractivity contribution in [3.8, 4) is 5.75 Å². The van der Waals surface area contributed by atoms with Gasteiger partial charge in [0.2, 0.25) is 0 Å². The van der Waals surface area contributed by atoms with Crippen molar-refractivity contribution in [3.63, 3.8) is 0 Å². The maximum Gasteiger partial charge on any atom is 0.252 e. The molecule has 1 fully saturated rings. The molecular formula is C23H22FNO3S. The van der Waals surface area contributed by atoms with Crippen LogP contribution in [0.25, 0.3) is 0 Å². The fraction of sp³-hybridized carbons (Fsp3) is 0.261. The summed E-state index contributed by atoms with van der Waals surface area (Å²) in [6.45, 7) is 1.32. The van der Waals surface area contributed by atoms with Crippen LogP contribution >= 0.6 is 11.3 Å². The molecule has 1 amide bonds. The molecule has 1 aliphatic heterocycles. The molecule has 2 heterocycles. The van der Waals surface area contributed by atoms with Gasteiger partial charge in [0.1, 0.15) is 18.2 Å². The van der Waals surface area contributed by atoms with E-state index in [0.29, 0.717) is 17.9 Å². The minimum absolute atomic E-state index is 0.153. The number of benzene rings is 2. The predicted octanol–water partition coefficient (Wildman–Crippen LogP) is 4.96. The van der Waals surface area contributed by atoms with E-state index < -0.39 is 0 Å². The molecule has 4 rings (SSSR count). The first-order chi connectivity index (χ1) is 14.2. The quantitative estimate of drug-likeness (QED) is 0.598. The standard InChI is InChI=1S/C23H22FNO3S/c24-18-9-5-16(6-10-18)22(21-4-2-14-29-21)25-23(26)17-7-11-19(12-8-17)28-15-20-3-1-13-27-20/h2,4-12,14,20,22H,1,3,13,15H2,(H,25,26). The van der Waals surface area contributed by atoms with E-state index in [2.05, 4.69) is 5.32 Å². The number of ether oxygens (including phenoxy) is 2. The van der Waals surface area contributed by atoms with Crippen LogP contribution in [0.1, 0.15) is 39.7 Å². The van der Waals surface area contributed by atoms with Gasteiger partial charge in [0.15, 0.2) is 0 Å². The summed E-state index contributed by atoms with van der Waals surface area (Å²) in [5.74, 6) is 0.215. The smallest absolute Gasteiger partial charge is 0.252 e. The minimum Gasteiger partial charge on any atom is -0.491 e. The molecule has 1 N–H and O–H groups in total. The molecule has 29 heavy (non-hydrogen) atoms. The van der Waals surface area contributed by atoms with E-state index in [1.807, 2.05) is 17.5 Å². The number of nitrogens with one attached hydrogen (secondary N) is 1. The van der Waals surface area contributed by atoms with Crippen molar-refractivity contribution in [2.24, 2.45) is 0 Å². The van der Waals surface area contributed by atoms with Gasteiger partial charge < -0.3 is 14.8 Å². The van der Waals surface area contributed by atoms with Crippen LogP contribution in [0.3, 0.4) is 0 Å². The summed E-state index contributed by atoms with van der Waals surface area (Å²) in [4.78, 5) is 13.8. The second-order valence-electron chi connectivity index (χ2n) is 6.94. The summed E-state index contributed by atoms with van der Waals surface area (Å²) in [7, 11) is 0. The highest BCUT2D eigenvalue weighted by molar-refractivity contribution is 7.10. The zero-order chi connectivity index (χ0) is 20.1. The third-order valence-corrected chi connectivity index (χ3v) is 5.82. The molecule has 3 aromatic rings. The third-order valence-electron chi connectivity index (χ3n) is 4.88. The maximum absolute atomic E-state index is 13.3. The summed E-state index contributed by atoms with van der Waals surface area (Å²) >= 11 is 1.55. The van der Waals surface area contributed by atoms with E-state index in [1.54, 1.807) is 47.7 Å². The van der Waals surface area contributed by atoms with Crippen LogP contribution < -0.4 is 10.1 Å². The number of hydrogen-bond donors (Lipinski definition) is 1. The highest BCUT2D eigenvalue weighted by Gasteiger charge is 2.19. The van der Waals surface area contributed by atoms with Crippen LogP contribution in [-0.2, 0) is 4.74 Å². The number of thiophene rings is 1. The van der Waals surface area contributed by atoms with Gasteiger partial charge in [0, 0.05) is 17.0 Å². The Hall–Kier alpha value is -2.70. The van der Waals surface area contributed by atoms with Crippen molar-refractivity contribution in [2.45, 2.75) is 25.0 Å². The van der Waals surface area contributed by atoms with Crippen molar-refractivity contribution in [1.29, 1.82) is 0 Å². The molecule has 1 aliphatic rings. The first-order valence-electron chi connectivity index (χ1n) is 9.63. The number of carbonyl (C=O) groups excluding carboxylic acids is 1. The van der Waals surface area contributed by atoms with Crippen molar-refractivity contribution >= 4 is 17.2 Å². The maximum atomic E-state index is 13.3. The Morgan fingerprint density at radius 1 is 1.17 bits per heavy atom. The van der Waals surface area contributed by atoms with Crippen LogP contribution in [0.5, 0.6) is 5.75 Å². The molecule has 0 radical (unpaired) electrons. The van der Waals surface area contributed by atoms with E-state index in [0.717, 1.165) is 29.9 Å². The number of amides is 1. The Morgan fingerprint density at radius 3 is 2.62 bits per heavy atom. The largest absolute Gasteiger partial charge is 0.491 e. The molecule has 2 aromatic carbocycles. The molecular weight excluding hydrogens is 389 g/mol. The SMILES string of the molecule is O=C(NC(c1ccc(F)cc1)c1cccs1)c1ccc(OCC2CCCO2)cc1. The minimum atomic E-state index is -0.335. The van der Waals surface area contributed by atoms with E-state index in [9.17, 15) is 9.18 Å². The Labute approximate surface area is 173 Å². The first kappa shape index (κ1) is 19.6. The van der Waals surface area contributed by atoms with E-state index >= 15 is 0 Å². The first-order valence-corrected chi connectivity index (χ1v) is 10.5. The van der Waals surface area contributed by atoms with Gasteiger partial charge in [-0.05, 0) is 66.2 Å². The van der Waals surface area contributed by atoms with Gasteiger partial charge >= 0.3 is 0 Å². The fourth-order valence-corrected chi connectivity index (χ4v) is 4.11. The monoisotopic (exact) mass is 411 g/mol. The molecule has 4 nitrogen and oxygen atoms in total. The Kier molecular flexibility index (Phi) is 6.22. The van der Waals surface area contributed by atoms with E-state index in [1.165, 1.54) is 12.1 Å². The second-order valence-corrected chi connectivity index (χ2v) is 7.92. The summed E-state index contributed by atoms with van der Waals surface area (Å²) in [6, 6.07) is 16.8. The molecule has 0 saturated carbocycles. The Balaban J connectivity index is 1.43. The third kappa shape index (κ3) is 5.02. The van der Waals surface area contributed by atoms with Crippen molar-refractivity contribution in [2.75, 3.05) is 13.2 Å². The second kappa shape index (κ2) is 9.20. The fourth-order valence-electron chi connectivity index (χ4n) is 3.31. The van der Waals surface area contributed by atoms with Crippen molar-refractivity contribution in [3.05, 3.63) is 87.9 Å². The van der Waals surface area contributed by atoms with Crippen molar-refractivity contribution in [1.82, 2.24) is 5.32 Å². The summed E-state index contributed by atoms with van der Waals surface area (Å²) < 4.78 is 24.6. The van der Waals surface area contributed by atoms with Gasteiger partial charge in [0.05, 0.1) is 12.1 Å². The molecule has 2 atom stereocenters. The van der Waals surface area contributed by atoms with E-state index in [4.69, 9.17) is 9.47 Å². The van der Waals surface area contributed by atoms with Gasteiger partial charge in [-0.1, -0.05) is 18.2 Å². The van der Waals surface area contributed by atoms with Crippen LogP contribution in [0.15, 0.2) is 66.0 Å². The summed E-state index contributed by atoms with van der Waals surface area (Å²) in [5.41, 5.74) is 1.37. The molecule has 150 valence electrons. The number of halogens is 1. The lowest BCUT2D eigenvalue weighted by molar-refractivity contribution is 0.0679. The van der Waals surface area contributed by atoms with Crippen LogP contribution in [0.2, 0.25) is 0 Å². The summed E-state index contributed by atoms with van der Waals surface area (Å²) in [6.07, 6.45) is 2.25. The number of rotatable bonds is 7. The topological polar surface area (TPSA) is 47.6 Å². The normalized spacial score (nSPS) is 17.1. The van der Waals surface area contributed by atoms with Gasteiger partial charge in [0.25, 0.3) is 5.91 Å². The lowest BCUT2D eigenvalue weighted by Crippen LogP contribution is -2.28. The number of hydrogen-bond acceptors (Lipinski definition) is 4. The predicted molar refractivity (Wildman–Crippen MR) is 111 cm³/mol. The lowest BCUT2D eigenvalue weighted by Gasteiger charge is -2.18. The van der Waals surface area contributed by atoms with Gasteiger partial charge in [-0.3, -0.25) is 4.79 Å².